The molecule has 0 aliphatic heterocycles. The van der Waals surface area contributed by atoms with E-state index in [1.54, 1.807) is 0 Å². The molecule has 3 heteroatoms. The third kappa shape index (κ3) is 13.4. The fraction of sp³-hybridized carbons (Fsp3) is 0. The molecule has 145 heavy (non-hydrogen) atoms. The van der Waals surface area contributed by atoms with E-state index in [9.17, 15) is 2.74 Å². The molecule has 0 fully saturated rings. The molecule has 0 amide bonds. The monoisotopic (exact) mass is 1870 g/mol. The largest absolute Gasteiger partial charge is 0.455 e. The van der Waals surface area contributed by atoms with Crippen LogP contribution >= 0.6 is 0 Å². The van der Waals surface area contributed by atoms with Gasteiger partial charge < -0.3 is 13.3 Å². The molecule has 672 valence electrons. The normalized spacial score (nSPS) is 14.5. The zero-order chi connectivity index (χ0) is 119. The Balaban J connectivity index is 0.000000116. The Hall–Kier alpha value is -19.1. The highest BCUT2D eigenvalue weighted by atomic mass is 16.3. The summed E-state index contributed by atoms with van der Waals surface area (Å²) in [5, 5.41) is 21.3. The maximum atomic E-state index is 9.63. The summed E-state index contributed by atoms with van der Waals surface area (Å²) in [5.41, 5.74) is 14.1. The summed E-state index contributed by atoms with van der Waals surface area (Å²) in [4.78, 5) is 0. The van der Waals surface area contributed by atoms with Crippen molar-refractivity contribution in [1.29, 1.82) is 0 Å². The number of furan rings is 3. The summed E-state index contributed by atoms with van der Waals surface area (Å²) >= 11 is 0. The van der Waals surface area contributed by atoms with Gasteiger partial charge in [0.15, 0.2) is 0 Å². The average Bonchev–Trinajstić information content (AvgIpc) is 1.55. The van der Waals surface area contributed by atoms with Crippen molar-refractivity contribution in [1.82, 2.24) is 0 Å². The molecular weight excluding hydrogens is 1750 g/mol. The standard InChI is InChI=1S/C50H30O.2C46H28O/c1-4-17-34-31(13-1)16-11-24-37(34)46-38-20-7-9-22-41(38)49(42-23-10-8-21-39(42)46)48-35-18-5-2-14-32(35)27-29-43(48)40-25-12-26-45-47(40)44-30-28-33-15-3-6-19-36(33)50(44)51-45;1-3-14-33-29(11-1)13-9-21-36(33)44-39-18-7-5-16-37(39)43(38-17-6-8-19-40(38)44)32-25-23-31(24-26-32)34-20-10-22-42-45(34)41-28-27-30-12-2-4-15-35(30)46(41)47-42;1-2-12-33-28-34(25-20-29(33)10-1)44-39-16-7-5-14-37(39)43(38-15-6-8-17-40(38)44)32-23-21-31(22-24-32)35-18-9-19-42-45(35)41-27-26-30-11-3-4-13-36(30)46(41)47-42/h1-30H;2*1-28H/i3D,6D,12D,15D,19D,25D,26D,28D,30D;2D,4D,10D,12D,15D,20D,22D,27D,28D;3D,4D,9D,11D,13D,18D,19D,26D,27D. The van der Waals surface area contributed by atoms with Crippen LogP contribution in [0.1, 0.15) is 37.0 Å². The van der Waals surface area contributed by atoms with E-state index >= 15 is 0 Å². The van der Waals surface area contributed by atoms with E-state index in [0.29, 0.717) is 16.7 Å². The lowest BCUT2D eigenvalue weighted by Gasteiger charge is -2.22. The van der Waals surface area contributed by atoms with Crippen LogP contribution in [0.4, 0.5) is 0 Å². The van der Waals surface area contributed by atoms with Gasteiger partial charge in [0.05, 0.1) is 37.0 Å². The smallest absolute Gasteiger partial charge is 0.143 e. The van der Waals surface area contributed by atoms with Gasteiger partial charge in [-0.05, 0) is 266 Å². The number of benzene rings is 28. The van der Waals surface area contributed by atoms with Crippen molar-refractivity contribution in [3.8, 4) is 100 Å². The first-order valence-corrected chi connectivity index (χ1v) is 47.8. The predicted octanol–water partition coefficient (Wildman–Crippen LogP) is 40.8. The average molecular weight is 1870 g/mol. The molecule has 0 bridgehead atoms. The first kappa shape index (κ1) is 60.0. The lowest BCUT2D eigenvalue weighted by molar-refractivity contribution is 0.672. The molecule has 0 saturated carbocycles. The molecule has 3 heterocycles. The van der Waals surface area contributed by atoms with E-state index in [-0.39, 0.29) is 175 Å². The molecule has 31 rings (SSSR count). The highest BCUT2D eigenvalue weighted by Gasteiger charge is 2.28. The topological polar surface area (TPSA) is 39.4 Å². The van der Waals surface area contributed by atoms with Crippen LogP contribution in [0.25, 0.3) is 306 Å². The van der Waals surface area contributed by atoms with Crippen LogP contribution < -0.4 is 0 Å². The van der Waals surface area contributed by atoms with Gasteiger partial charge in [0, 0.05) is 48.5 Å². The van der Waals surface area contributed by atoms with Crippen molar-refractivity contribution in [2.24, 2.45) is 0 Å². The Morgan fingerprint density at radius 2 is 0.414 bits per heavy atom. The maximum absolute atomic E-state index is 9.63. The van der Waals surface area contributed by atoms with Crippen LogP contribution in [0.2, 0.25) is 0 Å². The molecule has 0 unspecified atom stereocenters. The van der Waals surface area contributed by atoms with Gasteiger partial charge in [0.25, 0.3) is 0 Å². The van der Waals surface area contributed by atoms with Crippen molar-refractivity contribution in [3.63, 3.8) is 0 Å². The van der Waals surface area contributed by atoms with Crippen molar-refractivity contribution in [2.45, 2.75) is 0 Å². The van der Waals surface area contributed by atoms with Crippen molar-refractivity contribution in [2.75, 3.05) is 0 Å². The molecule has 0 N–H and O–H groups in total. The predicted molar refractivity (Wildman–Crippen MR) is 618 cm³/mol. The van der Waals surface area contributed by atoms with Crippen LogP contribution in [-0.2, 0) is 0 Å². The van der Waals surface area contributed by atoms with Gasteiger partial charge in [-0.3, -0.25) is 0 Å². The highest BCUT2D eigenvalue weighted by molar-refractivity contribution is 6.31. The zero-order valence-corrected chi connectivity index (χ0v) is 76.8. The van der Waals surface area contributed by atoms with E-state index < -0.39 is 103 Å². The van der Waals surface area contributed by atoms with Crippen LogP contribution in [0.5, 0.6) is 0 Å². The van der Waals surface area contributed by atoms with Crippen molar-refractivity contribution >= 4 is 206 Å². The molecule has 0 aliphatic carbocycles. The Labute approximate surface area is 872 Å². The molecule has 3 aromatic heterocycles. The molecule has 0 radical (unpaired) electrons. The maximum Gasteiger partial charge on any atom is 0.143 e. The van der Waals surface area contributed by atoms with Crippen molar-refractivity contribution < 1.29 is 50.3 Å². The summed E-state index contributed by atoms with van der Waals surface area (Å²) in [6.45, 7) is 0. The van der Waals surface area contributed by atoms with Crippen LogP contribution in [0.15, 0.2) is 534 Å². The molecule has 31 aromatic rings. The van der Waals surface area contributed by atoms with Gasteiger partial charge in [0.2, 0.25) is 0 Å². The first-order valence-electron chi connectivity index (χ1n) is 61.3. The summed E-state index contributed by atoms with van der Waals surface area (Å²) in [6.07, 6.45) is 0. The lowest BCUT2D eigenvalue weighted by atomic mass is 9.81. The number of hydrogen-bond donors (Lipinski definition) is 0. The molecular formula is C142H86O3. The summed E-state index contributed by atoms with van der Waals surface area (Å²) in [5.74, 6) is 0. The minimum absolute atomic E-state index is 0.0460. The number of fused-ring (bicyclic) bond motifs is 25. The Bertz CT molecular complexity index is 12400. The molecule has 0 aliphatic rings. The fourth-order valence-electron chi connectivity index (χ4n) is 22.3. The van der Waals surface area contributed by atoms with Crippen LogP contribution in [-0.4, -0.2) is 0 Å². The highest BCUT2D eigenvalue weighted by Crippen LogP contribution is 2.55. The minimum Gasteiger partial charge on any atom is -0.455 e. The second-order valence-electron chi connectivity index (χ2n) is 36.3. The second kappa shape index (κ2) is 33.9. The van der Waals surface area contributed by atoms with E-state index in [1.807, 2.05) is 146 Å². The molecule has 3 nitrogen and oxygen atoms in total. The third-order valence-electron chi connectivity index (χ3n) is 28.6. The van der Waals surface area contributed by atoms with Gasteiger partial charge >= 0.3 is 0 Å². The van der Waals surface area contributed by atoms with E-state index in [4.69, 9.17) is 47.5 Å². The van der Waals surface area contributed by atoms with Crippen LogP contribution in [0.3, 0.4) is 0 Å². The van der Waals surface area contributed by atoms with Gasteiger partial charge in [0.1, 0.15) is 33.5 Å². The minimum atomic E-state index is -0.536. The van der Waals surface area contributed by atoms with Crippen LogP contribution in [0, 0.1) is 0 Å². The zero-order valence-electron chi connectivity index (χ0n) is 104. The van der Waals surface area contributed by atoms with Gasteiger partial charge in [-0.15, -0.1) is 0 Å². The Morgan fingerprint density at radius 1 is 0.131 bits per heavy atom. The van der Waals surface area contributed by atoms with E-state index in [0.717, 1.165) is 164 Å². The molecule has 0 atom stereocenters. The van der Waals surface area contributed by atoms with Gasteiger partial charge in [-0.2, -0.15) is 0 Å². The van der Waals surface area contributed by atoms with E-state index in [1.165, 1.54) is 10.8 Å². The summed E-state index contributed by atoms with van der Waals surface area (Å²) in [6, 6.07) is 110. The molecule has 28 aromatic carbocycles. The number of hydrogen-bond acceptors (Lipinski definition) is 3. The first-order chi connectivity index (χ1) is 83.2. The summed E-state index contributed by atoms with van der Waals surface area (Å²) < 4.78 is 256. The number of rotatable bonds is 9. The van der Waals surface area contributed by atoms with Crippen molar-refractivity contribution in [3.05, 3.63) is 521 Å². The summed E-state index contributed by atoms with van der Waals surface area (Å²) in [7, 11) is 0. The lowest BCUT2D eigenvalue weighted by Crippen LogP contribution is -1.94. The fourth-order valence-corrected chi connectivity index (χ4v) is 22.3. The van der Waals surface area contributed by atoms with Gasteiger partial charge in [-0.25, -0.2) is 0 Å². The molecule has 0 saturated heterocycles. The Morgan fingerprint density at radius 3 is 0.807 bits per heavy atom. The SMILES string of the molecule is [2H]c1c([2H])c(-c2ccc(-c3c4ccccc4c(-c4ccc5ccccc5c4)c4ccccc34)cc2)c2c(oc3c4c([2H])c([2H])c([2H])c([2H])c4c([2H])c([2H])c32)c1[2H].[2H]c1c([2H])c(-c2ccc(-c3c4ccccc4c(-c4cccc5ccccc45)c4ccccc34)cc2)c2c(oc3c4c([2H])c([2H])c([2H])c([2H])c4c([2H])c([2H])c32)c1[2H].[2H]c1c([2H])c(-c2ccc3ccccc3c2-c2c3ccccc3c(-c3cccc4ccccc34)c3ccccc23)c2c(oc3c4c([2H])c([2H])c([2H])c([2H])c4c([2H])c([2H])c32)c1[2H]. The third-order valence-corrected chi connectivity index (χ3v) is 28.6. The Kier molecular flexibility index (Phi) is 14.0. The van der Waals surface area contributed by atoms with E-state index in [2.05, 4.69) is 212 Å². The second-order valence-corrected chi connectivity index (χ2v) is 36.3. The quantitative estimate of drug-likeness (QED) is 0.135. The molecule has 0 spiro atoms. The van der Waals surface area contributed by atoms with Gasteiger partial charge in [-0.1, -0.05) is 479 Å².